The molecule has 1 atom stereocenters. The molecule has 0 aliphatic rings. The highest BCUT2D eigenvalue weighted by molar-refractivity contribution is 8.08. The predicted octanol–water partition coefficient (Wildman–Crippen LogP) is 3.85. The number of hydrogen-bond donors (Lipinski definition) is 1. The molecule has 0 fully saturated rings. The van der Waals surface area contributed by atoms with Crippen molar-refractivity contribution in [2.75, 3.05) is 5.32 Å². The van der Waals surface area contributed by atoms with Gasteiger partial charge in [-0.05, 0) is 53.5 Å². The number of nitrogens with one attached hydrogen (secondary N) is 1. The zero-order valence-corrected chi connectivity index (χ0v) is 13.8. The number of aryl methyl sites for hydroxylation is 1. The lowest BCUT2D eigenvalue weighted by molar-refractivity contribution is 0.691. The topological polar surface area (TPSA) is 67.8 Å². The standard InChI is InChI=1S/C16H13ClN4OS/c1-11-4-5-13(23(17)22)9-15(11)21-16-19-8-6-14(20-16)12-3-2-7-18-10-12/h2-10H,1H3,(H,19,20,21). The van der Waals surface area contributed by atoms with Gasteiger partial charge in [0.15, 0.2) is 0 Å². The van der Waals surface area contributed by atoms with Crippen LogP contribution in [0.15, 0.2) is 59.9 Å². The van der Waals surface area contributed by atoms with E-state index >= 15 is 0 Å². The van der Waals surface area contributed by atoms with Crippen molar-refractivity contribution >= 4 is 32.3 Å². The Morgan fingerprint density at radius 1 is 1.17 bits per heavy atom. The first-order valence-corrected chi connectivity index (χ1v) is 8.80. The molecule has 0 radical (unpaired) electrons. The van der Waals surface area contributed by atoms with E-state index in [9.17, 15) is 4.21 Å². The Bertz CT molecular complexity index is 858. The minimum atomic E-state index is -1.56. The highest BCUT2D eigenvalue weighted by Crippen LogP contribution is 2.24. The van der Waals surface area contributed by atoms with Gasteiger partial charge in [0.05, 0.1) is 10.6 Å². The van der Waals surface area contributed by atoms with Crippen LogP contribution in [0, 0.1) is 6.92 Å². The molecule has 2 aromatic heterocycles. The summed E-state index contributed by atoms with van der Waals surface area (Å²) in [5, 5.41) is 3.14. The predicted molar refractivity (Wildman–Crippen MR) is 92.0 cm³/mol. The highest BCUT2D eigenvalue weighted by Gasteiger charge is 2.07. The number of pyridine rings is 1. The van der Waals surface area contributed by atoms with E-state index in [0.29, 0.717) is 10.8 Å². The third-order valence-corrected chi connectivity index (χ3v) is 4.41. The Hall–Kier alpha value is -2.31. The molecule has 23 heavy (non-hydrogen) atoms. The van der Waals surface area contributed by atoms with Crippen LogP contribution in [0.5, 0.6) is 0 Å². The lowest BCUT2D eigenvalue weighted by Crippen LogP contribution is -2.00. The fourth-order valence-electron chi connectivity index (χ4n) is 2.05. The first-order valence-electron chi connectivity index (χ1n) is 6.82. The molecule has 0 spiro atoms. The molecule has 116 valence electrons. The molecule has 3 aromatic rings. The second-order valence-electron chi connectivity index (χ2n) is 4.83. The molecular weight excluding hydrogens is 332 g/mol. The summed E-state index contributed by atoms with van der Waals surface area (Å²) >= 11 is 0. The maximum Gasteiger partial charge on any atom is 0.227 e. The van der Waals surface area contributed by atoms with E-state index in [0.717, 1.165) is 22.5 Å². The molecule has 5 nitrogen and oxygen atoms in total. The van der Waals surface area contributed by atoms with Crippen molar-refractivity contribution in [3.8, 4) is 11.3 Å². The number of halogens is 1. The SMILES string of the molecule is Cc1ccc(S(=O)Cl)cc1Nc1nccc(-c2cccnc2)n1. The van der Waals surface area contributed by atoms with Crippen molar-refractivity contribution in [2.24, 2.45) is 0 Å². The molecule has 0 aliphatic carbocycles. The van der Waals surface area contributed by atoms with Gasteiger partial charge < -0.3 is 5.32 Å². The van der Waals surface area contributed by atoms with Crippen LogP contribution in [-0.4, -0.2) is 19.2 Å². The first-order chi connectivity index (χ1) is 11.1. The molecule has 0 bridgehead atoms. The molecule has 0 saturated carbocycles. The summed E-state index contributed by atoms with van der Waals surface area (Å²) in [6.07, 6.45) is 5.14. The van der Waals surface area contributed by atoms with Gasteiger partial charge >= 0.3 is 0 Å². The van der Waals surface area contributed by atoms with Gasteiger partial charge in [-0.25, -0.2) is 14.2 Å². The van der Waals surface area contributed by atoms with Crippen molar-refractivity contribution in [2.45, 2.75) is 11.8 Å². The van der Waals surface area contributed by atoms with E-state index in [1.165, 1.54) is 0 Å². The molecule has 0 aliphatic heterocycles. The van der Waals surface area contributed by atoms with Crippen LogP contribution < -0.4 is 5.32 Å². The highest BCUT2D eigenvalue weighted by atomic mass is 35.7. The number of rotatable bonds is 4. The van der Waals surface area contributed by atoms with E-state index in [1.807, 2.05) is 31.2 Å². The molecule has 3 rings (SSSR count). The Balaban J connectivity index is 1.92. The van der Waals surface area contributed by atoms with Crippen LogP contribution >= 0.6 is 10.7 Å². The summed E-state index contributed by atoms with van der Waals surface area (Å²) in [5.41, 5.74) is 3.42. The van der Waals surface area contributed by atoms with Gasteiger partial charge in [0, 0.05) is 29.8 Å². The van der Waals surface area contributed by atoms with Crippen LogP contribution in [0.2, 0.25) is 0 Å². The fraction of sp³-hybridized carbons (Fsp3) is 0.0625. The van der Waals surface area contributed by atoms with E-state index in [4.69, 9.17) is 10.7 Å². The Morgan fingerprint density at radius 2 is 2.04 bits per heavy atom. The molecule has 2 heterocycles. The summed E-state index contributed by atoms with van der Waals surface area (Å²) in [7, 11) is 4.09. The van der Waals surface area contributed by atoms with E-state index in [-0.39, 0.29) is 0 Å². The summed E-state index contributed by atoms with van der Waals surface area (Å²) in [6, 6.07) is 10.9. The molecule has 0 saturated heterocycles. The quantitative estimate of drug-likeness (QED) is 0.728. The maximum atomic E-state index is 11.4. The minimum absolute atomic E-state index is 0.451. The van der Waals surface area contributed by atoms with Crippen molar-refractivity contribution < 1.29 is 4.21 Å². The monoisotopic (exact) mass is 344 g/mol. The molecule has 1 aromatic carbocycles. The lowest BCUT2D eigenvalue weighted by atomic mass is 10.2. The van der Waals surface area contributed by atoms with Gasteiger partial charge in [0.1, 0.15) is 10.0 Å². The zero-order valence-electron chi connectivity index (χ0n) is 12.2. The van der Waals surface area contributed by atoms with Crippen molar-refractivity contribution in [1.82, 2.24) is 15.0 Å². The van der Waals surface area contributed by atoms with E-state index in [2.05, 4.69) is 20.3 Å². The first kappa shape index (κ1) is 15.6. The van der Waals surface area contributed by atoms with Crippen molar-refractivity contribution in [3.63, 3.8) is 0 Å². The summed E-state index contributed by atoms with van der Waals surface area (Å²) in [5.74, 6) is 0.451. The van der Waals surface area contributed by atoms with E-state index < -0.39 is 10.0 Å². The summed E-state index contributed by atoms with van der Waals surface area (Å²) in [6.45, 7) is 1.94. The molecular formula is C16H13ClN4OS. The van der Waals surface area contributed by atoms with Crippen molar-refractivity contribution in [1.29, 1.82) is 0 Å². The molecule has 1 unspecified atom stereocenters. The van der Waals surface area contributed by atoms with Gasteiger partial charge in [-0.15, -0.1) is 0 Å². The number of anilines is 2. The zero-order chi connectivity index (χ0) is 16.2. The van der Waals surface area contributed by atoms with Crippen LogP contribution in [-0.2, 0) is 10.0 Å². The van der Waals surface area contributed by atoms with Crippen LogP contribution in [0.25, 0.3) is 11.3 Å². The smallest absolute Gasteiger partial charge is 0.227 e. The summed E-state index contributed by atoms with van der Waals surface area (Å²) < 4.78 is 11.4. The number of benzene rings is 1. The van der Waals surface area contributed by atoms with Gasteiger partial charge in [0.2, 0.25) is 5.95 Å². The second-order valence-corrected chi connectivity index (χ2v) is 6.59. The Kier molecular flexibility index (Phi) is 4.64. The average Bonchev–Trinajstić information content (AvgIpc) is 2.58. The van der Waals surface area contributed by atoms with E-state index in [1.54, 1.807) is 30.7 Å². The van der Waals surface area contributed by atoms with Crippen LogP contribution in [0.4, 0.5) is 11.6 Å². The number of hydrogen-bond acceptors (Lipinski definition) is 5. The fourth-order valence-corrected chi connectivity index (χ4v) is 2.72. The average molecular weight is 345 g/mol. The van der Waals surface area contributed by atoms with Crippen LogP contribution in [0.1, 0.15) is 5.56 Å². The Morgan fingerprint density at radius 3 is 2.78 bits per heavy atom. The maximum absolute atomic E-state index is 11.4. The number of nitrogens with zero attached hydrogens (tertiary/aromatic N) is 3. The molecule has 7 heteroatoms. The third-order valence-electron chi connectivity index (χ3n) is 3.25. The lowest BCUT2D eigenvalue weighted by Gasteiger charge is -2.10. The van der Waals surface area contributed by atoms with Gasteiger partial charge in [-0.3, -0.25) is 4.98 Å². The van der Waals surface area contributed by atoms with Gasteiger partial charge in [-0.1, -0.05) is 6.07 Å². The summed E-state index contributed by atoms with van der Waals surface area (Å²) in [4.78, 5) is 13.3. The van der Waals surface area contributed by atoms with Crippen molar-refractivity contribution in [3.05, 3.63) is 60.6 Å². The number of aromatic nitrogens is 3. The van der Waals surface area contributed by atoms with Crippen LogP contribution in [0.3, 0.4) is 0 Å². The van der Waals surface area contributed by atoms with Gasteiger partial charge in [-0.2, -0.15) is 0 Å². The van der Waals surface area contributed by atoms with Gasteiger partial charge in [0.25, 0.3) is 0 Å². The molecule has 1 N–H and O–H groups in total. The third kappa shape index (κ3) is 3.72. The minimum Gasteiger partial charge on any atom is -0.324 e. The Labute approximate surface area is 140 Å². The molecule has 0 amide bonds. The second kappa shape index (κ2) is 6.85. The largest absolute Gasteiger partial charge is 0.324 e. The normalized spacial score (nSPS) is 11.9.